The van der Waals surface area contributed by atoms with E-state index >= 15 is 0 Å². The normalized spacial score (nSPS) is 25.2. The number of halogens is 3. The van der Waals surface area contributed by atoms with Crippen LogP contribution in [-0.2, 0) is 9.53 Å². The molecule has 0 bridgehead atoms. The lowest BCUT2D eigenvalue weighted by Crippen LogP contribution is -2.53. The number of alkyl halides is 3. The summed E-state index contributed by atoms with van der Waals surface area (Å²) >= 11 is 0. The van der Waals surface area contributed by atoms with Crippen molar-refractivity contribution in [3.05, 3.63) is 0 Å². The van der Waals surface area contributed by atoms with Crippen molar-refractivity contribution in [1.82, 2.24) is 9.80 Å². The highest BCUT2D eigenvalue weighted by molar-refractivity contribution is 5.81. The first-order valence-corrected chi connectivity index (χ1v) is 8.04. The summed E-state index contributed by atoms with van der Waals surface area (Å²) in [7, 11) is 1.89. The molecule has 0 aromatic carbocycles. The van der Waals surface area contributed by atoms with Crippen LogP contribution in [0.5, 0.6) is 0 Å². The zero-order valence-corrected chi connectivity index (χ0v) is 13.1. The van der Waals surface area contributed by atoms with Gasteiger partial charge in [-0.1, -0.05) is 19.3 Å². The third-order valence-electron chi connectivity index (χ3n) is 4.48. The number of carbonyl (C=O) groups excluding carboxylic acids is 1. The Kier molecular flexibility index (Phi) is 6.09. The number of rotatable bonds is 4. The molecule has 1 aliphatic heterocycles. The first kappa shape index (κ1) is 17.5. The van der Waals surface area contributed by atoms with Crippen LogP contribution in [0.1, 0.15) is 38.5 Å². The third kappa shape index (κ3) is 5.12. The van der Waals surface area contributed by atoms with E-state index in [2.05, 4.69) is 0 Å². The van der Waals surface area contributed by atoms with Crippen molar-refractivity contribution >= 4 is 5.91 Å². The summed E-state index contributed by atoms with van der Waals surface area (Å²) in [6.07, 6.45) is -1.17. The Morgan fingerprint density at radius 1 is 1.27 bits per heavy atom. The van der Waals surface area contributed by atoms with E-state index in [4.69, 9.17) is 4.74 Å². The second kappa shape index (κ2) is 7.64. The molecule has 0 radical (unpaired) electrons. The zero-order valence-electron chi connectivity index (χ0n) is 13.1. The Morgan fingerprint density at radius 3 is 2.55 bits per heavy atom. The van der Waals surface area contributed by atoms with Crippen molar-refractivity contribution in [1.29, 1.82) is 0 Å². The van der Waals surface area contributed by atoms with E-state index in [-0.39, 0.29) is 18.5 Å². The first-order valence-electron chi connectivity index (χ1n) is 8.04. The van der Waals surface area contributed by atoms with Crippen LogP contribution in [0.15, 0.2) is 0 Å². The minimum Gasteiger partial charge on any atom is -0.366 e. The van der Waals surface area contributed by atoms with E-state index < -0.39 is 18.7 Å². The fourth-order valence-corrected chi connectivity index (χ4v) is 3.22. The molecule has 1 amide bonds. The zero-order chi connectivity index (χ0) is 16.2. The van der Waals surface area contributed by atoms with Crippen molar-refractivity contribution in [3.8, 4) is 0 Å². The van der Waals surface area contributed by atoms with Gasteiger partial charge in [0.15, 0.2) is 0 Å². The molecular formula is C15H25F3N2O2. The maximum atomic E-state index is 12.7. The van der Waals surface area contributed by atoms with Crippen molar-refractivity contribution in [3.63, 3.8) is 0 Å². The number of nitrogens with zero attached hydrogens (tertiary/aromatic N) is 2. The quantitative estimate of drug-likeness (QED) is 0.797. The van der Waals surface area contributed by atoms with Crippen LogP contribution in [0.3, 0.4) is 0 Å². The molecular weight excluding hydrogens is 297 g/mol. The lowest BCUT2D eigenvalue weighted by Gasteiger charge is -2.38. The SMILES string of the molecule is CN1CCO[C@@H](C(=O)N(CCC(F)(F)F)C2CCCCC2)C1. The summed E-state index contributed by atoms with van der Waals surface area (Å²) in [5.74, 6) is -0.275. The molecule has 22 heavy (non-hydrogen) atoms. The molecule has 0 unspecified atom stereocenters. The third-order valence-corrected chi connectivity index (χ3v) is 4.48. The van der Waals surface area contributed by atoms with Gasteiger partial charge in [0.05, 0.1) is 13.0 Å². The van der Waals surface area contributed by atoms with Crippen molar-refractivity contribution < 1.29 is 22.7 Å². The second-order valence-corrected chi connectivity index (χ2v) is 6.31. The van der Waals surface area contributed by atoms with Gasteiger partial charge in [0.25, 0.3) is 5.91 Å². The largest absolute Gasteiger partial charge is 0.390 e. The number of morpholine rings is 1. The predicted octanol–water partition coefficient (Wildman–Crippen LogP) is 2.43. The highest BCUT2D eigenvalue weighted by Gasteiger charge is 2.36. The number of likely N-dealkylation sites (N-methyl/N-ethyl adjacent to an activating group) is 1. The van der Waals surface area contributed by atoms with E-state index in [1.807, 2.05) is 11.9 Å². The monoisotopic (exact) mass is 322 g/mol. The van der Waals surface area contributed by atoms with Gasteiger partial charge >= 0.3 is 6.18 Å². The van der Waals surface area contributed by atoms with Gasteiger partial charge in [-0.05, 0) is 19.9 Å². The molecule has 0 aromatic heterocycles. The lowest BCUT2D eigenvalue weighted by atomic mass is 9.93. The van der Waals surface area contributed by atoms with Crippen LogP contribution < -0.4 is 0 Å². The number of ether oxygens (including phenoxy) is 1. The topological polar surface area (TPSA) is 32.8 Å². The molecule has 1 saturated carbocycles. The van der Waals surface area contributed by atoms with Crippen LogP contribution in [0, 0.1) is 0 Å². The number of hydrogen-bond donors (Lipinski definition) is 0. The van der Waals surface area contributed by atoms with E-state index in [0.717, 1.165) is 38.6 Å². The molecule has 1 atom stereocenters. The summed E-state index contributed by atoms with van der Waals surface area (Å²) in [6, 6.07) is -0.0700. The maximum Gasteiger partial charge on any atom is 0.390 e. The highest BCUT2D eigenvalue weighted by atomic mass is 19.4. The van der Waals surface area contributed by atoms with Gasteiger partial charge in [-0.25, -0.2) is 0 Å². The van der Waals surface area contributed by atoms with Gasteiger partial charge in [0.1, 0.15) is 6.10 Å². The molecule has 7 heteroatoms. The summed E-state index contributed by atoms with van der Waals surface area (Å²) in [5, 5.41) is 0. The highest BCUT2D eigenvalue weighted by Crippen LogP contribution is 2.27. The van der Waals surface area contributed by atoms with E-state index in [0.29, 0.717) is 13.2 Å². The summed E-state index contributed by atoms with van der Waals surface area (Å²) in [4.78, 5) is 16.1. The van der Waals surface area contributed by atoms with Crippen molar-refractivity contribution in [2.24, 2.45) is 0 Å². The minimum absolute atomic E-state index is 0.0700. The van der Waals surface area contributed by atoms with Crippen LogP contribution in [-0.4, -0.2) is 67.3 Å². The summed E-state index contributed by atoms with van der Waals surface area (Å²) in [6.45, 7) is 1.39. The minimum atomic E-state index is -4.24. The summed E-state index contributed by atoms with van der Waals surface area (Å²) in [5.41, 5.74) is 0. The van der Waals surface area contributed by atoms with Gasteiger partial charge in [-0.15, -0.1) is 0 Å². The molecule has 2 aliphatic rings. The molecule has 0 spiro atoms. The van der Waals surface area contributed by atoms with E-state index in [1.54, 1.807) is 0 Å². The molecule has 128 valence electrons. The van der Waals surface area contributed by atoms with Crippen LogP contribution in [0.2, 0.25) is 0 Å². The second-order valence-electron chi connectivity index (χ2n) is 6.31. The maximum absolute atomic E-state index is 12.7. The molecule has 0 N–H and O–H groups in total. The Bertz CT molecular complexity index is 370. The van der Waals surface area contributed by atoms with Crippen molar-refractivity contribution in [2.45, 2.75) is 56.8 Å². The lowest BCUT2D eigenvalue weighted by molar-refractivity contribution is -0.159. The fraction of sp³-hybridized carbons (Fsp3) is 0.933. The smallest absolute Gasteiger partial charge is 0.366 e. The number of carbonyl (C=O) groups is 1. The van der Waals surface area contributed by atoms with Gasteiger partial charge < -0.3 is 14.5 Å². The molecule has 1 heterocycles. The number of hydrogen-bond acceptors (Lipinski definition) is 3. The summed E-state index contributed by atoms with van der Waals surface area (Å²) < 4.78 is 43.2. The molecule has 1 saturated heterocycles. The van der Waals surface area contributed by atoms with Crippen LogP contribution in [0.4, 0.5) is 13.2 Å². The van der Waals surface area contributed by atoms with E-state index in [9.17, 15) is 18.0 Å². The average Bonchev–Trinajstić information content (AvgIpc) is 2.47. The van der Waals surface area contributed by atoms with Gasteiger partial charge in [0.2, 0.25) is 0 Å². The molecule has 0 aromatic rings. The van der Waals surface area contributed by atoms with E-state index in [1.165, 1.54) is 4.90 Å². The Hall–Kier alpha value is -0.820. The first-order chi connectivity index (χ1) is 10.4. The Morgan fingerprint density at radius 2 is 1.95 bits per heavy atom. The van der Waals surface area contributed by atoms with Gasteiger partial charge in [-0.3, -0.25) is 4.79 Å². The molecule has 2 rings (SSSR count). The van der Waals surface area contributed by atoms with Crippen LogP contribution >= 0.6 is 0 Å². The fourth-order valence-electron chi connectivity index (χ4n) is 3.22. The molecule has 1 aliphatic carbocycles. The average molecular weight is 322 g/mol. The molecule has 2 fully saturated rings. The standard InChI is InChI=1S/C15H25F3N2O2/c1-19-9-10-22-13(11-19)14(21)20(8-7-15(16,17)18)12-5-3-2-4-6-12/h12-13H,2-11H2,1H3/t13-/m1/s1. The Labute approximate surface area is 129 Å². The molecule has 4 nitrogen and oxygen atoms in total. The Balaban J connectivity index is 2.02. The van der Waals surface area contributed by atoms with Crippen LogP contribution in [0.25, 0.3) is 0 Å². The van der Waals surface area contributed by atoms with Gasteiger partial charge in [0, 0.05) is 25.7 Å². The predicted molar refractivity (Wildman–Crippen MR) is 76.5 cm³/mol. The van der Waals surface area contributed by atoms with Gasteiger partial charge in [-0.2, -0.15) is 13.2 Å². The number of amides is 1. The van der Waals surface area contributed by atoms with Crippen molar-refractivity contribution in [2.75, 3.05) is 33.3 Å².